The Hall–Kier alpha value is -0.683. The average Bonchev–Trinajstić information content (AvgIpc) is 1.94. The van der Waals surface area contributed by atoms with Crippen LogP contribution in [0.25, 0.3) is 0 Å². The SMILES string of the molecule is Cc1cc(C)c(C)c([Si](O)(O)O)c1. The molecule has 0 aliphatic rings. The lowest BCUT2D eigenvalue weighted by molar-refractivity contribution is 0.249. The van der Waals surface area contributed by atoms with Gasteiger partial charge in [-0.3, -0.25) is 0 Å². The molecule has 0 spiro atoms. The standard InChI is InChI=1S/C9H14O3Si/c1-6-4-7(2)8(3)9(5-6)13(10,11)12/h4-5,10-12H,1-3H3. The number of rotatable bonds is 1. The maximum atomic E-state index is 9.17. The largest absolute Gasteiger partial charge is 0.529 e. The Morgan fingerprint density at radius 3 is 2.00 bits per heavy atom. The Morgan fingerprint density at radius 1 is 1.00 bits per heavy atom. The summed E-state index contributed by atoms with van der Waals surface area (Å²) in [6, 6.07) is 3.56. The number of hydrogen-bond donors (Lipinski definition) is 3. The third-order valence-electron chi connectivity index (χ3n) is 2.17. The third-order valence-corrected chi connectivity index (χ3v) is 3.42. The summed E-state index contributed by atoms with van der Waals surface area (Å²) >= 11 is 0. The van der Waals surface area contributed by atoms with Gasteiger partial charge < -0.3 is 14.4 Å². The molecule has 13 heavy (non-hydrogen) atoms. The molecule has 0 aliphatic carbocycles. The van der Waals surface area contributed by atoms with Gasteiger partial charge in [-0.15, -0.1) is 0 Å². The minimum Gasteiger partial charge on any atom is -0.386 e. The number of hydrogen-bond acceptors (Lipinski definition) is 3. The molecule has 0 unspecified atom stereocenters. The second-order valence-corrected chi connectivity index (χ2v) is 5.20. The van der Waals surface area contributed by atoms with E-state index in [-0.39, 0.29) is 5.19 Å². The topological polar surface area (TPSA) is 60.7 Å². The van der Waals surface area contributed by atoms with Crippen molar-refractivity contribution in [2.45, 2.75) is 20.8 Å². The van der Waals surface area contributed by atoms with E-state index in [9.17, 15) is 0 Å². The molecule has 3 N–H and O–H groups in total. The van der Waals surface area contributed by atoms with Gasteiger partial charge in [0.05, 0.1) is 0 Å². The zero-order chi connectivity index (χ0) is 10.2. The number of aryl methyl sites for hydroxylation is 2. The Balaban J connectivity index is 3.37. The van der Waals surface area contributed by atoms with E-state index < -0.39 is 8.80 Å². The molecule has 0 bridgehead atoms. The molecule has 0 aliphatic heterocycles. The summed E-state index contributed by atoms with van der Waals surface area (Å²) in [6.45, 7) is 5.51. The normalized spacial score (nSPS) is 11.8. The predicted molar refractivity (Wildman–Crippen MR) is 52.7 cm³/mol. The van der Waals surface area contributed by atoms with Crippen molar-refractivity contribution in [2.75, 3.05) is 0 Å². The van der Waals surface area contributed by atoms with Gasteiger partial charge in [0.1, 0.15) is 0 Å². The molecular weight excluding hydrogens is 184 g/mol. The Labute approximate surface area is 78.7 Å². The molecule has 0 aromatic heterocycles. The van der Waals surface area contributed by atoms with Crippen LogP contribution in [0.4, 0.5) is 0 Å². The molecule has 0 saturated heterocycles. The summed E-state index contributed by atoms with van der Waals surface area (Å²) in [6.07, 6.45) is 0. The molecule has 1 aromatic rings. The average molecular weight is 198 g/mol. The van der Waals surface area contributed by atoms with Gasteiger partial charge in [0.15, 0.2) is 0 Å². The molecule has 0 atom stereocenters. The highest BCUT2D eigenvalue weighted by Gasteiger charge is 2.32. The molecule has 72 valence electrons. The minimum atomic E-state index is -4.14. The van der Waals surface area contributed by atoms with Crippen molar-refractivity contribution < 1.29 is 14.4 Å². The molecule has 1 rings (SSSR count). The van der Waals surface area contributed by atoms with Crippen LogP contribution in [-0.4, -0.2) is 23.2 Å². The molecule has 4 heteroatoms. The van der Waals surface area contributed by atoms with Crippen LogP contribution in [0.1, 0.15) is 16.7 Å². The highest BCUT2D eigenvalue weighted by Crippen LogP contribution is 2.09. The first-order chi connectivity index (χ1) is 5.82. The zero-order valence-corrected chi connectivity index (χ0v) is 9.00. The summed E-state index contributed by atoms with van der Waals surface area (Å²) in [7, 11) is -4.14. The highest BCUT2D eigenvalue weighted by atomic mass is 28.4. The maximum Gasteiger partial charge on any atom is 0.529 e. The molecule has 0 fully saturated rings. The summed E-state index contributed by atoms with van der Waals surface area (Å²) < 4.78 is 0. The molecular formula is C9H14O3Si. The van der Waals surface area contributed by atoms with Crippen LogP contribution >= 0.6 is 0 Å². The van der Waals surface area contributed by atoms with E-state index in [1.165, 1.54) is 0 Å². The van der Waals surface area contributed by atoms with Crippen molar-refractivity contribution in [1.82, 2.24) is 0 Å². The first-order valence-corrected chi connectivity index (χ1v) is 5.92. The molecule has 0 radical (unpaired) electrons. The Bertz CT molecular complexity index is 328. The lowest BCUT2D eigenvalue weighted by Crippen LogP contribution is -2.50. The van der Waals surface area contributed by atoms with Crippen molar-refractivity contribution in [3.8, 4) is 0 Å². The highest BCUT2D eigenvalue weighted by molar-refractivity contribution is 6.72. The molecule has 0 heterocycles. The molecule has 0 saturated carbocycles. The van der Waals surface area contributed by atoms with E-state index in [0.717, 1.165) is 16.7 Å². The lowest BCUT2D eigenvalue weighted by Gasteiger charge is -2.15. The molecule has 1 aromatic carbocycles. The van der Waals surface area contributed by atoms with Crippen molar-refractivity contribution in [1.29, 1.82) is 0 Å². The van der Waals surface area contributed by atoms with Gasteiger partial charge in [-0.1, -0.05) is 17.7 Å². The van der Waals surface area contributed by atoms with Gasteiger partial charge in [0, 0.05) is 5.19 Å². The quantitative estimate of drug-likeness (QED) is 0.545. The first-order valence-electron chi connectivity index (χ1n) is 4.08. The van der Waals surface area contributed by atoms with Crippen LogP contribution in [-0.2, 0) is 0 Å². The summed E-state index contributed by atoms with van der Waals surface area (Å²) in [5.74, 6) is 0. The lowest BCUT2D eigenvalue weighted by atomic mass is 10.1. The predicted octanol–water partition coefficient (Wildman–Crippen LogP) is -0.265. The number of benzene rings is 1. The van der Waals surface area contributed by atoms with Gasteiger partial charge in [0.2, 0.25) is 0 Å². The van der Waals surface area contributed by atoms with E-state index >= 15 is 0 Å². The van der Waals surface area contributed by atoms with Crippen LogP contribution in [0, 0.1) is 20.8 Å². The van der Waals surface area contributed by atoms with Gasteiger partial charge >= 0.3 is 8.80 Å². The smallest absolute Gasteiger partial charge is 0.386 e. The zero-order valence-electron chi connectivity index (χ0n) is 8.00. The fourth-order valence-corrected chi connectivity index (χ4v) is 2.51. The van der Waals surface area contributed by atoms with Crippen LogP contribution in [0.15, 0.2) is 12.1 Å². The maximum absolute atomic E-state index is 9.17. The van der Waals surface area contributed by atoms with Crippen LogP contribution < -0.4 is 5.19 Å². The van der Waals surface area contributed by atoms with Crippen molar-refractivity contribution in [3.05, 3.63) is 28.8 Å². The van der Waals surface area contributed by atoms with Crippen molar-refractivity contribution in [3.63, 3.8) is 0 Å². The van der Waals surface area contributed by atoms with Gasteiger partial charge in [-0.05, 0) is 31.9 Å². The van der Waals surface area contributed by atoms with Crippen LogP contribution in [0.3, 0.4) is 0 Å². The summed E-state index contributed by atoms with van der Waals surface area (Å²) in [4.78, 5) is 27.5. The second-order valence-electron chi connectivity index (χ2n) is 3.39. The second kappa shape index (κ2) is 3.23. The molecule has 0 amide bonds. The third kappa shape index (κ3) is 2.16. The van der Waals surface area contributed by atoms with E-state index in [0.29, 0.717) is 0 Å². The van der Waals surface area contributed by atoms with E-state index in [1.54, 1.807) is 13.0 Å². The fourth-order valence-electron chi connectivity index (χ4n) is 1.39. The van der Waals surface area contributed by atoms with Crippen LogP contribution in [0.2, 0.25) is 0 Å². The van der Waals surface area contributed by atoms with Gasteiger partial charge in [-0.25, -0.2) is 0 Å². The Kier molecular flexibility index (Phi) is 2.58. The summed E-state index contributed by atoms with van der Waals surface area (Å²) in [5.41, 5.74) is 2.64. The molecule has 3 nitrogen and oxygen atoms in total. The fraction of sp³-hybridized carbons (Fsp3) is 0.333. The van der Waals surface area contributed by atoms with E-state index in [1.807, 2.05) is 19.9 Å². The van der Waals surface area contributed by atoms with Gasteiger partial charge in [0.25, 0.3) is 0 Å². The van der Waals surface area contributed by atoms with Crippen molar-refractivity contribution >= 4 is 14.0 Å². The summed E-state index contributed by atoms with van der Waals surface area (Å²) in [5, 5.41) is 0.282. The Morgan fingerprint density at radius 2 is 1.54 bits per heavy atom. The first kappa shape index (κ1) is 10.4. The van der Waals surface area contributed by atoms with Crippen molar-refractivity contribution in [2.24, 2.45) is 0 Å². The van der Waals surface area contributed by atoms with E-state index in [4.69, 9.17) is 14.4 Å². The minimum absolute atomic E-state index is 0.282. The monoisotopic (exact) mass is 198 g/mol. The van der Waals surface area contributed by atoms with Crippen LogP contribution in [0.5, 0.6) is 0 Å². The van der Waals surface area contributed by atoms with E-state index in [2.05, 4.69) is 0 Å². The van der Waals surface area contributed by atoms with Gasteiger partial charge in [-0.2, -0.15) is 0 Å².